The monoisotopic (exact) mass is 690 g/mol. The van der Waals surface area contributed by atoms with E-state index >= 15 is 4.39 Å². The fourth-order valence-electron chi connectivity index (χ4n) is 4.86. The molecule has 1 aromatic heterocycles. The number of aromatic nitrogens is 1. The molecule has 4 rings (SSSR count). The van der Waals surface area contributed by atoms with Crippen molar-refractivity contribution in [3.63, 3.8) is 0 Å². The third-order valence-corrected chi connectivity index (χ3v) is 7.24. The van der Waals surface area contributed by atoms with Crippen LogP contribution in [0.2, 0.25) is 5.02 Å². The van der Waals surface area contributed by atoms with Gasteiger partial charge in [-0.3, -0.25) is 9.78 Å². The Balaban J connectivity index is 1.93. The summed E-state index contributed by atoms with van der Waals surface area (Å²) < 4.78 is 128. The van der Waals surface area contributed by atoms with Crippen LogP contribution in [0.4, 0.5) is 45.2 Å². The maximum absolute atomic E-state index is 15.1. The molecule has 1 atom stereocenters. The minimum atomic E-state index is -5.12. The summed E-state index contributed by atoms with van der Waals surface area (Å²) in [5, 5.41) is 11.9. The Bertz CT molecular complexity index is 1700. The van der Waals surface area contributed by atoms with Crippen molar-refractivity contribution in [2.75, 3.05) is 5.32 Å². The van der Waals surface area contributed by atoms with E-state index in [1.54, 1.807) is 24.3 Å². The second kappa shape index (κ2) is 14.1. The largest absolute Gasteiger partial charge is 0.481 e. The van der Waals surface area contributed by atoms with Gasteiger partial charge in [0.05, 0.1) is 16.3 Å². The van der Waals surface area contributed by atoms with Crippen LogP contribution in [0.5, 0.6) is 5.75 Å². The van der Waals surface area contributed by atoms with E-state index in [2.05, 4.69) is 15.0 Å². The van der Waals surface area contributed by atoms with Gasteiger partial charge < -0.3 is 15.2 Å². The highest BCUT2D eigenvalue weighted by atomic mass is 35.5. The minimum Gasteiger partial charge on any atom is -0.481 e. The number of alkyl halides is 7. The van der Waals surface area contributed by atoms with Gasteiger partial charge in [0.15, 0.2) is 0 Å². The summed E-state index contributed by atoms with van der Waals surface area (Å²) >= 11 is 6.03. The first-order valence-electron chi connectivity index (χ1n) is 13.7. The molecule has 0 amide bonds. The van der Waals surface area contributed by atoms with E-state index in [9.17, 15) is 39.9 Å². The van der Waals surface area contributed by atoms with E-state index < -0.39 is 53.2 Å². The lowest BCUT2D eigenvalue weighted by Crippen LogP contribution is -2.40. The normalized spacial score (nSPS) is 13.3. The SMILES string of the molecule is O=C(O)CCCc1ccc(C[C@](Nc2ccc(F)c(C(F)(F)F)c2)(c2cc(F)cc(OC(F)(F)C(F)F)c2)c2ccc(Cl)cn2)cc1. The Hall–Kier alpha value is -4.46. The van der Waals surface area contributed by atoms with E-state index in [4.69, 9.17) is 16.7 Å². The van der Waals surface area contributed by atoms with Gasteiger partial charge in [-0.25, -0.2) is 8.78 Å². The number of hydrogen-bond donors (Lipinski definition) is 2. The number of anilines is 1. The number of ether oxygens (including phenoxy) is 1. The lowest BCUT2D eigenvalue weighted by Gasteiger charge is -2.37. The summed E-state index contributed by atoms with van der Waals surface area (Å²) in [4.78, 5) is 15.1. The van der Waals surface area contributed by atoms with Gasteiger partial charge in [-0.2, -0.15) is 30.7 Å². The Morgan fingerprint density at radius 3 is 2.19 bits per heavy atom. The second-order valence-electron chi connectivity index (χ2n) is 10.5. The first-order chi connectivity index (χ1) is 22.0. The molecular weight excluding hydrogens is 667 g/mol. The molecule has 0 bridgehead atoms. The van der Waals surface area contributed by atoms with Gasteiger partial charge in [0.25, 0.3) is 0 Å². The number of aryl methyl sites for hydroxylation is 1. The molecule has 0 aliphatic heterocycles. The highest BCUT2D eigenvalue weighted by Crippen LogP contribution is 2.41. The number of pyridine rings is 1. The number of carbonyl (C=O) groups is 1. The standard InChI is InChI=1S/C32H24ClF9N2O3/c33-21-8-11-27(43-17-21)30(44-23-9-10-26(35)25(15-23)31(38,39)40,16-19-6-4-18(5-7-19)2-1-3-28(45)46)20-12-22(34)14-24(13-20)47-32(41,42)29(36)37/h4-15,17,29,44H,1-3,16H2,(H,45,46)/t30-/m0/s1. The maximum Gasteiger partial charge on any atom is 0.461 e. The number of halogens is 10. The maximum atomic E-state index is 15.1. The lowest BCUT2D eigenvalue weighted by atomic mass is 9.79. The van der Waals surface area contributed by atoms with Crippen molar-refractivity contribution in [2.24, 2.45) is 0 Å². The smallest absolute Gasteiger partial charge is 0.461 e. The van der Waals surface area contributed by atoms with Gasteiger partial charge in [-0.05, 0) is 72.0 Å². The Morgan fingerprint density at radius 2 is 1.60 bits per heavy atom. The minimum absolute atomic E-state index is 0.0394. The molecule has 0 unspecified atom stereocenters. The van der Waals surface area contributed by atoms with Gasteiger partial charge >= 0.3 is 24.7 Å². The van der Waals surface area contributed by atoms with Crippen LogP contribution in [0.15, 0.2) is 79.0 Å². The molecule has 0 fully saturated rings. The zero-order valence-corrected chi connectivity index (χ0v) is 24.7. The fraction of sp³-hybridized carbons (Fsp3) is 0.250. The number of nitrogens with zero attached hydrogens (tertiary/aromatic N) is 1. The van der Waals surface area contributed by atoms with Crippen LogP contribution in [-0.4, -0.2) is 28.6 Å². The topological polar surface area (TPSA) is 71.5 Å². The molecule has 4 aromatic rings. The zero-order chi connectivity index (χ0) is 34.6. The van der Waals surface area contributed by atoms with Crippen LogP contribution in [0.1, 0.15) is 40.8 Å². The predicted molar refractivity (Wildman–Crippen MR) is 154 cm³/mol. The molecule has 3 aromatic carbocycles. The van der Waals surface area contributed by atoms with Crippen molar-refractivity contribution >= 4 is 23.3 Å². The predicted octanol–water partition coefficient (Wildman–Crippen LogP) is 9.27. The summed E-state index contributed by atoms with van der Waals surface area (Å²) in [6.45, 7) is 0. The van der Waals surface area contributed by atoms with Crippen LogP contribution < -0.4 is 10.1 Å². The van der Waals surface area contributed by atoms with Gasteiger partial charge in [0.1, 0.15) is 22.9 Å². The number of hydrogen-bond acceptors (Lipinski definition) is 4. The Morgan fingerprint density at radius 1 is 0.915 bits per heavy atom. The average molecular weight is 691 g/mol. The van der Waals surface area contributed by atoms with Gasteiger partial charge in [-0.15, -0.1) is 0 Å². The lowest BCUT2D eigenvalue weighted by molar-refractivity contribution is -0.253. The average Bonchev–Trinajstić information content (AvgIpc) is 2.97. The number of aliphatic carboxylic acids is 1. The molecule has 0 spiro atoms. The number of carboxylic acid groups (broad SMARTS) is 1. The van der Waals surface area contributed by atoms with Crippen molar-refractivity contribution in [2.45, 2.75) is 49.9 Å². The molecule has 0 saturated heterocycles. The van der Waals surface area contributed by atoms with E-state index in [0.717, 1.165) is 30.0 Å². The first-order valence-corrected chi connectivity index (χ1v) is 14.1. The Kier molecular flexibility index (Phi) is 10.6. The quantitative estimate of drug-likeness (QED) is 0.137. The van der Waals surface area contributed by atoms with Gasteiger partial charge in [-0.1, -0.05) is 35.9 Å². The molecule has 0 aliphatic rings. The van der Waals surface area contributed by atoms with Crippen molar-refractivity contribution in [3.8, 4) is 5.75 Å². The highest BCUT2D eigenvalue weighted by molar-refractivity contribution is 6.30. The zero-order valence-electron chi connectivity index (χ0n) is 23.9. The Labute approximate surface area is 267 Å². The van der Waals surface area contributed by atoms with Gasteiger partial charge in [0.2, 0.25) is 0 Å². The molecule has 0 radical (unpaired) electrons. The van der Waals surface area contributed by atoms with Crippen molar-refractivity contribution < 1.29 is 54.2 Å². The molecule has 1 heterocycles. The molecule has 2 N–H and O–H groups in total. The van der Waals surface area contributed by atoms with E-state index in [1.807, 2.05) is 0 Å². The summed E-state index contributed by atoms with van der Waals surface area (Å²) in [7, 11) is 0. The highest BCUT2D eigenvalue weighted by Gasteiger charge is 2.45. The third kappa shape index (κ3) is 8.88. The molecule has 250 valence electrons. The van der Waals surface area contributed by atoms with Crippen LogP contribution >= 0.6 is 11.6 Å². The number of nitrogens with one attached hydrogen (secondary N) is 1. The molecule has 0 saturated carbocycles. The molecule has 47 heavy (non-hydrogen) atoms. The molecule has 5 nitrogen and oxygen atoms in total. The van der Waals surface area contributed by atoms with E-state index in [-0.39, 0.29) is 34.8 Å². The number of benzene rings is 3. The fourth-order valence-corrected chi connectivity index (χ4v) is 4.97. The van der Waals surface area contributed by atoms with Gasteiger partial charge in [0, 0.05) is 30.8 Å². The molecular formula is C32H24ClF9N2O3. The molecule has 15 heteroatoms. The summed E-state index contributed by atoms with van der Waals surface area (Å²) in [5.74, 6) is -4.83. The summed E-state index contributed by atoms with van der Waals surface area (Å²) in [6, 6.07) is 13.2. The molecule has 0 aliphatic carbocycles. The third-order valence-electron chi connectivity index (χ3n) is 7.01. The van der Waals surface area contributed by atoms with Crippen LogP contribution in [0, 0.1) is 11.6 Å². The van der Waals surface area contributed by atoms with Crippen LogP contribution in [0.3, 0.4) is 0 Å². The van der Waals surface area contributed by atoms with E-state index in [1.165, 1.54) is 12.1 Å². The summed E-state index contributed by atoms with van der Waals surface area (Å²) in [5.41, 5.74) is -3.13. The van der Waals surface area contributed by atoms with Crippen LogP contribution in [-0.2, 0) is 29.4 Å². The van der Waals surface area contributed by atoms with Crippen molar-refractivity contribution in [3.05, 3.63) is 124 Å². The second-order valence-corrected chi connectivity index (χ2v) is 10.9. The number of rotatable bonds is 13. The number of carboxylic acids is 1. The summed E-state index contributed by atoms with van der Waals surface area (Å²) in [6.07, 6.45) is -12.9. The van der Waals surface area contributed by atoms with E-state index in [0.29, 0.717) is 36.6 Å². The van der Waals surface area contributed by atoms with Crippen LogP contribution in [0.25, 0.3) is 0 Å². The van der Waals surface area contributed by atoms with Crippen molar-refractivity contribution in [1.82, 2.24) is 4.98 Å². The van der Waals surface area contributed by atoms with Crippen molar-refractivity contribution in [1.29, 1.82) is 0 Å². The first kappa shape index (κ1) is 35.4.